The molecule has 1 aromatic carbocycles. The molecule has 1 heterocycles. The minimum absolute atomic E-state index is 0.486. The van der Waals surface area contributed by atoms with Gasteiger partial charge in [-0.05, 0) is 52.2 Å². The average Bonchev–Trinajstić information content (AvgIpc) is 2.42. The van der Waals surface area contributed by atoms with Crippen LogP contribution in [0.3, 0.4) is 0 Å². The fraction of sp³-hybridized carbons (Fsp3) is 0.267. The number of aryl methyl sites for hydroxylation is 1. The molecule has 0 amide bonds. The Balaban J connectivity index is 2.15. The largest absolute Gasteiger partial charge is 0.496 e. The molecular formula is C15H16BrNO2. The molecule has 1 N–H and O–H groups in total. The molecule has 1 atom stereocenters. The summed E-state index contributed by atoms with van der Waals surface area (Å²) in [5.74, 6) is 0.792. The molecule has 1 unspecified atom stereocenters. The summed E-state index contributed by atoms with van der Waals surface area (Å²) in [4.78, 5) is 4.27. The summed E-state index contributed by atoms with van der Waals surface area (Å²) in [5, 5.41) is 10.2. The summed E-state index contributed by atoms with van der Waals surface area (Å²) in [6.07, 6.45) is 1.64. The van der Waals surface area contributed by atoms with Crippen molar-refractivity contribution in [2.75, 3.05) is 7.11 Å². The van der Waals surface area contributed by atoms with Gasteiger partial charge in [0, 0.05) is 22.8 Å². The van der Waals surface area contributed by atoms with Crippen molar-refractivity contribution in [2.45, 2.75) is 19.4 Å². The van der Waals surface area contributed by atoms with Crippen LogP contribution in [0, 0.1) is 6.92 Å². The van der Waals surface area contributed by atoms with Crippen LogP contribution in [0.2, 0.25) is 0 Å². The summed E-state index contributed by atoms with van der Waals surface area (Å²) in [6.45, 7) is 1.98. The molecule has 0 aliphatic carbocycles. The van der Waals surface area contributed by atoms with Crippen LogP contribution < -0.4 is 4.74 Å². The van der Waals surface area contributed by atoms with Crippen LogP contribution >= 0.6 is 15.9 Å². The third-order valence-corrected chi connectivity index (χ3v) is 3.48. The van der Waals surface area contributed by atoms with Crippen molar-refractivity contribution in [3.8, 4) is 5.75 Å². The van der Waals surface area contributed by atoms with Gasteiger partial charge in [-0.3, -0.25) is 4.98 Å². The lowest BCUT2D eigenvalue weighted by molar-refractivity contribution is 0.177. The summed E-state index contributed by atoms with van der Waals surface area (Å²) in [7, 11) is 1.63. The highest BCUT2D eigenvalue weighted by atomic mass is 79.9. The highest BCUT2D eigenvalue weighted by molar-refractivity contribution is 9.10. The molecule has 0 fully saturated rings. The van der Waals surface area contributed by atoms with E-state index in [0.717, 1.165) is 27.0 Å². The Bertz CT molecular complexity index is 555. The van der Waals surface area contributed by atoms with E-state index < -0.39 is 6.10 Å². The monoisotopic (exact) mass is 321 g/mol. The first-order valence-corrected chi connectivity index (χ1v) is 6.82. The van der Waals surface area contributed by atoms with Crippen LogP contribution in [-0.4, -0.2) is 17.2 Å². The van der Waals surface area contributed by atoms with Gasteiger partial charge in [0.2, 0.25) is 0 Å². The molecule has 2 rings (SSSR count). The van der Waals surface area contributed by atoms with Gasteiger partial charge in [-0.2, -0.15) is 0 Å². The van der Waals surface area contributed by atoms with Crippen molar-refractivity contribution in [3.63, 3.8) is 0 Å². The van der Waals surface area contributed by atoms with E-state index in [9.17, 15) is 5.11 Å². The van der Waals surface area contributed by atoms with Gasteiger partial charge < -0.3 is 9.84 Å². The normalized spacial score (nSPS) is 12.2. The fourth-order valence-electron chi connectivity index (χ4n) is 1.89. The number of methoxy groups -OCH3 is 1. The van der Waals surface area contributed by atoms with Gasteiger partial charge >= 0.3 is 0 Å². The number of hydrogen-bond acceptors (Lipinski definition) is 3. The van der Waals surface area contributed by atoms with Crippen LogP contribution in [-0.2, 0) is 6.42 Å². The van der Waals surface area contributed by atoms with Gasteiger partial charge in [0.25, 0.3) is 0 Å². The Morgan fingerprint density at radius 3 is 2.74 bits per heavy atom. The molecule has 1 aromatic heterocycles. The van der Waals surface area contributed by atoms with E-state index >= 15 is 0 Å². The molecule has 4 heteroatoms. The summed E-state index contributed by atoms with van der Waals surface area (Å²) in [5.41, 5.74) is 2.75. The summed E-state index contributed by atoms with van der Waals surface area (Å²) >= 11 is 3.34. The number of ether oxygens (including phenoxy) is 1. The SMILES string of the molecule is COc1cc(C(O)Cc2ccc(Br)cn2)ccc1C. The molecule has 0 saturated carbocycles. The first-order valence-electron chi connectivity index (χ1n) is 6.03. The maximum atomic E-state index is 10.2. The first kappa shape index (κ1) is 14.0. The molecular weight excluding hydrogens is 306 g/mol. The number of pyridine rings is 1. The van der Waals surface area contributed by atoms with E-state index in [-0.39, 0.29) is 0 Å². The van der Waals surface area contributed by atoms with Crippen molar-refractivity contribution in [3.05, 3.63) is 57.8 Å². The molecule has 2 aromatic rings. The number of aliphatic hydroxyl groups excluding tert-OH is 1. The Morgan fingerprint density at radius 2 is 2.11 bits per heavy atom. The summed E-state index contributed by atoms with van der Waals surface area (Å²) in [6, 6.07) is 9.57. The number of aromatic nitrogens is 1. The Morgan fingerprint density at radius 1 is 1.32 bits per heavy atom. The zero-order chi connectivity index (χ0) is 13.8. The lowest BCUT2D eigenvalue weighted by Gasteiger charge is -2.13. The standard InChI is InChI=1S/C15H16BrNO2/c1-10-3-4-11(7-15(10)19-2)14(18)8-13-6-5-12(16)9-17-13/h3-7,9,14,18H,8H2,1-2H3. The second-order valence-corrected chi connectivity index (χ2v) is 5.33. The number of aliphatic hydroxyl groups is 1. The summed E-state index contributed by atoms with van der Waals surface area (Å²) < 4.78 is 6.20. The van der Waals surface area contributed by atoms with Crippen molar-refractivity contribution >= 4 is 15.9 Å². The highest BCUT2D eigenvalue weighted by Crippen LogP contribution is 2.25. The van der Waals surface area contributed by atoms with Crippen LogP contribution in [0.1, 0.15) is 22.9 Å². The van der Waals surface area contributed by atoms with Gasteiger partial charge in [0.05, 0.1) is 13.2 Å². The molecule has 0 spiro atoms. The Kier molecular flexibility index (Phi) is 4.56. The van der Waals surface area contributed by atoms with Crippen LogP contribution in [0.4, 0.5) is 0 Å². The average molecular weight is 322 g/mol. The number of hydrogen-bond donors (Lipinski definition) is 1. The molecule has 100 valence electrons. The van der Waals surface area contributed by atoms with E-state index in [2.05, 4.69) is 20.9 Å². The molecule has 0 bridgehead atoms. The van der Waals surface area contributed by atoms with Crippen LogP contribution in [0.5, 0.6) is 5.75 Å². The molecule has 0 aliphatic rings. The Labute approximate surface area is 121 Å². The zero-order valence-electron chi connectivity index (χ0n) is 10.9. The van der Waals surface area contributed by atoms with Gasteiger partial charge in [-0.25, -0.2) is 0 Å². The predicted molar refractivity (Wildman–Crippen MR) is 78.3 cm³/mol. The number of rotatable bonds is 4. The highest BCUT2D eigenvalue weighted by Gasteiger charge is 2.11. The van der Waals surface area contributed by atoms with E-state index in [1.54, 1.807) is 13.3 Å². The van der Waals surface area contributed by atoms with Gasteiger partial charge in [-0.1, -0.05) is 12.1 Å². The first-order chi connectivity index (χ1) is 9.10. The lowest BCUT2D eigenvalue weighted by Crippen LogP contribution is -2.04. The van der Waals surface area contributed by atoms with Gasteiger partial charge in [-0.15, -0.1) is 0 Å². The number of halogens is 1. The smallest absolute Gasteiger partial charge is 0.122 e. The molecule has 0 radical (unpaired) electrons. The van der Waals surface area contributed by atoms with Gasteiger partial charge in [0.1, 0.15) is 5.75 Å². The van der Waals surface area contributed by atoms with E-state index in [4.69, 9.17) is 4.74 Å². The van der Waals surface area contributed by atoms with Crippen molar-refractivity contribution in [1.82, 2.24) is 4.98 Å². The number of nitrogens with zero attached hydrogens (tertiary/aromatic N) is 1. The second kappa shape index (κ2) is 6.17. The molecule has 0 aliphatic heterocycles. The van der Waals surface area contributed by atoms with Crippen molar-refractivity contribution in [2.24, 2.45) is 0 Å². The topological polar surface area (TPSA) is 42.4 Å². The lowest BCUT2D eigenvalue weighted by atomic mass is 10.0. The number of benzene rings is 1. The Hall–Kier alpha value is -1.39. The van der Waals surface area contributed by atoms with E-state index in [1.807, 2.05) is 37.3 Å². The van der Waals surface area contributed by atoms with Gasteiger partial charge in [0.15, 0.2) is 0 Å². The predicted octanol–water partition coefficient (Wildman–Crippen LogP) is 3.44. The maximum absolute atomic E-state index is 10.2. The third kappa shape index (κ3) is 3.55. The molecule has 19 heavy (non-hydrogen) atoms. The van der Waals surface area contributed by atoms with Crippen molar-refractivity contribution < 1.29 is 9.84 Å². The quantitative estimate of drug-likeness (QED) is 0.938. The third-order valence-electron chi connectivity index (χ3n) is 3.01. The zero-order valence-corrected chi connectivity index (χ0v) is 12.5. The molecule has 3 nitrogen and oxygen atoms in total. The van der Waals surface area contributed by atoms with Crippen molar-refractivity contribution in [1.29, 1.82) is 0 Å². The van der Waals surface area contributed by atoms with E-state index in [1.165, 1.54) is 0 Å². The minimum atomic E-state index is -0.580. The maximum Gasteiger partial charge on any atom is 0.122 e. The second-order valence-electron chi connectivity index (χ2n) is 4.42. The minimum Gasteiger partial charge on any atom is -0.496 e. The molecule has 0 saturated heterocycles. The van der Waals surface area contributed by atoms with E-state index in [0.29, 0.717) is 6.42 Å². The van der Waals surface area contributed by atoms with Crippen LogP contribution in [0.25, 0.3) is 0 Å². The fourth-order valence-corrected chi connectivity index (χ4v) is 2.12. The van der Waals surface area contributed by atoms with Crippen LogP contribution in [0.15, 0.2) is 41.0 Å².